The fourth-order valence-corrected chi connectivity index (χ4v) is 4.19. The van der Waals surface area contributed by atoms with Gasteiger partial charge in [-0.15, -0.1) is 0 Å². The first-order chi connectivity index (χ1) is 15.0. The van der Waals surface area contributed by atoms with Crippen LogP contribution in [0.5, 0.6) is 5.75 Å². The number of nitrogens with zero attached hydrogens (tertiary/aromatic N) is 3. The van der Waals surface area contributed by atoms with Gasteiger partial charge in [0.25, 0.3) is 5.91 Å². The smallest absolute Gasteiger partial charge is 0.291 e. The van der Waals surface area contributed by atoms with E-state index in [0.717, 1.165) is 22.4 Å². The van der Waals surface area contributed by atoms with Gasteiger partial charge in [-0.3, -0.25) is 14.7 Å². The summed E-state index contributed by atoms with van der Waals surface area (Å²) in [6.07, 6.45) is 3.11. The van der Waals surface area contributed by atoms with Crippen LogP contribution in [0.3, 0.4) is 0 Å². The van der Waals surface area contributed by atoms with E-state index in [0.29, 0.717) is 25.8 Å². The first-order valence-electron chi connectivity index (χ1n) is 10.2. The number of carbonyl (C=O) groups is 2. The van der Waals surface area contributed by atoms with Crippen LogP contribution in [0.15, 0.2) is 54.9 Å². The molecule has 160 valence electrons. The topological polar surface area (TPSA) is 114 Å². The number of likely N-dealkylation sites (tertiary alicyclic amines) is 1. The van der Waals surface area contributed by atoms with Gasteiger partial charge in [-0.05, 0) is 48.1 Å². The largest absolute Gasteiger partial charge is 0.497 e. The number of aromatic amines is 1. The van der Waals surface area contributed by atoms with Gasteiger partial charge in [0.15, 0.2) is 0 Å². The average molecular weight is 419 g/mol. The fraction of sp³-hybridized carbons (Fsp3) is 0.304. The minimum Gasteiger partial charge on any atom is -0.497 e. The maximum atomic E-state index is 12.7. The lowest BCUT2D eigenvalue weighted by Crippen LogP contribution is -2.53. The van der Waals surface area contributed by atoms with E-state index < -0.39 is 5.41 Å². The number of amides is 2. The maximum Gasteiger partial charge on any atom is 0.291 e. The summed E-state index contributed by atoms with van der Waals surface area (Å²) in [5.41, 5.74) is 8.21. The van der Waals surface area contributed by atoms with Crippen LogP contribution in [-0.2, 0) is 11.2 Å². The van der Waals surface area contributed by atoms with Crippen LogP contribution in [-0.4, -0.2) is 52.1 Å². The van der Waals surface area contributed by atoms with Crippen molar-refractivity contribution in [3.8, 4) is 16.9 Å². The molecule has 4 rings (SSSR count). The van der Waals surface area contributed by atoms with Crippen molar-refractivity contribution in [2.24, 2.45) is 11.1 Å². The molecule has 2 aromatic carbocycles. The zero-order valence-corrected chi connectivity index (χ0v) is 17.4. The molecule has 0 bridgehead atoms. The molecule has 1 saturated heterocycles. The molecular weight excluding hydrogens is 394 g/mol. The second kappa shape index (κ2) is 8.59. The number of hydrogen-bond donors (Lipinski definition) is 2. The lowest BCUT2D eigenvalue weighted by Gasteiger charge is -2.40. The van der Waals surface area contributed by atoms with Crippen molar-refractivity contribution in [1.29, 1.82) is 0 Å². The molecule has 0 spiro atoms. The highest BCUT2D eigenvalue weighted by atomic mass is 16.5. The fourth-order valence-electron chi connectivity index (χ4n) is 4.19. The Kier molecular flexibility index (Phi) is 5.70. The molecule has 1 aliphatic heterocycles. The summed E-state index contributed by atoms with van der Waals surface area (Å²) < 4.78 is 5.21. The molecule has 1 fully saturated rings. The normalized spacial score (nSPS) is 18.5. The summed E-state index contributed by atoms with van der Waals surface area (Å²) in [6.45, 7) is 0.826. The van der Waals surface area contributed by atoms with Gasteiger partial charge in [-0.2, -0.15) is 5.10 Å². The van der Waals surface area contributed by atoms with E-state index in [2.05, 4.69) is 15.2 Å². The molecule has 0 saturated carbocycles. The number of carbonyl (C=O) groups excluding carboxylic acids is 2. The van der Waals surface area contributed by atoms with Crippen LogP contribution < -0.4 is 10.5 Å². The number of nitrogens with one attached hydrogen (secondary N) is 1. The highest BCUT2D eigenvalue weighted by molar-refractivity contribution is 5.91. The number of benzene rings is 2. The number of nitrogens with two attached hydrogens (primary N) is 1. The Balaban J connectivity index is 1.52. The van der Waals surface area contributed by atoms with Crippen molar-refractivity contribution in [1.82, 2.24) is 20.1 Å². The van der Waals surface area contributed by atoms with Gasteiger partial charge in [-0.25, -0.2) is 4.98 Å². The second-order valence-corrected chi connectivity index (χ2v) is 7.91. The summed E-state index contributed by atoms with van der Waals surface area (Å²) in [4.78, 5) is 30.8. The first-order valence-corrected chi connectivity index (χ1v) is 10.2. The molecule has 1 unspecified atom stereocenters. The third-order valence-corrected chi connectivity index (χ3v) is 5.92. The minimum absolute atomic E-state index is 0.170. The van der Waals surface area contributed by atoms with E-state index in [-0.39, 0.29) is 24.2 Å². The monoisotopic (exact) mass is 419 g/mol. The Hall–Kier alpha value is -3.68. The Morgan fingerprint density at radius 2 is 1.81 bits per heavy atom. The Morgan fingerprint density at radius 3 is 2.39 bits per heavy atom. The van der Waals surface area contributed by atoms with E-state index in [1.807, 2.05) is 48.5 Å². The number of hydrogen-bond acceptors (Lipinski definition) is 5. The molecule has 1 aliphatic rings. The molecule has 3 aromatic rings. The Labute approximate surface area is 180 Å². The SMILES string of the molecule is COc1ccc(-c2ccc(CC3(C(N)=O)CCCN(C(=O)c4ncn[nH]4)C3)cc2)cc1. The van der Waals surface area contributed by atoms with Crippen LogP contribution >= 0.6 is 0 Å². The molecule has 8 heteroatoms. The van der Waals surface area contributed by atoms with E-state index in [1.165, 1.54) is 6.33 Å². The molecule has 1 aromatic heterocycles. The third-order valence-electron chi connectivity index (χ3n) is 5.92. The number of ether oxygens (including phenoxy) is 1. The second-order valence-electron chi connectivity index (χ2n) is 7.91. The van der Waals surface area contributed by atoms with E-state index in [9.17, 15) is 9.59 Å². The number of primary amides is 1. The first kappa shape index (κ1) is 20.6. The molecule has 0 aliphatic carbocycles. The quantitative estimate of drug-likeness (QED) is 0.637. The van der Waals surface area contributed by atoms with E-state index in [4.69, 9.17) is 10.5 Å². The minimum atomic E-state index is -0.810. The Morgan fingerprint density at radius 1 is 1.13 bits per heavy atom. The number of H-pyrrole nitrogens is 1. The highest BCUT2D eigenvalue weighted by Crippen LogP contribution is 2.34. The van der Waals surface area contributed by atoms with Crippen LogP contribution in [0.1, 0.15) is 29.0 Å². The predicted molar refractivity (Wildman–Crippen MR) is 115 cm³/mol. The van der Waals surface area contributed by atoms with Gasteiger partial charge in [0.05, 0.1) is 12.5 Å². The van der Waals surface area contributed by atoms with Crippen LogP contribution in [0.25, 0.3) is 11.1 Å². The third kappa shape index (κ3) is 4.28. The zero-order chi connectivity index (χ0) is 21.8. The maximum absolute atomic E-state index is 12.7. The summed E-state index contributed by atoms with van der Waals surface area (Å²) in [5, 5.41) is 6.33. The average Bonchev–Trinajstić information content (AvgIpc) is 3.34. The molecule has 3 N–H and O–H groups in total. The van der Waals surface area contributed by atoms with Crippen molar-refractivity contribution < 1.29 is 14.3 Å². The van der Waals surface area contributed by atoms with Gasteiger partial charge in [0.2, 0.25) is 11.7 Å². The highest BCUT2D eigenvalue weighted by Gasteiger charge is 2.42. The van der Waals surface area contributed by atoms with Crippen molar-refractivity contribution in [2.45, 2.75) is 19.3 Å². The summed E-state index contributed by atoms with van der Waals surface area (Å²) in [5.74, 6) is 0.328. The molecule has 0 radical (unpaired) electrons. The van der Waals surface area contributed by atoms with E-state index >= 15 is 0 Å². The van der Waals surface area contributed by atoms with Gasteiger partial charge in [0.1, 0.15) is 12.1 Å². The van der Waals surface area contributed by atoms with Crippen LogP contribution in [0, 0.1) is 5.41 Å². The van der Waals surface area contributed by atoms with Crippen LogP contribution in [0.2, 0.25) is 0 Å². The van der Waals surface area contributed by atoms with Gasteiger partial charge in [-0.1, -0.05) is 36.4 Å². The predicted octanol–water partition coefficient (Wildman–Crippen LogP) is 2.43. The molecule has 31 heavy (non-hydrogen) atoms. The molecule has 8 nitrogen and oxygen atoms in total. The number of rotatable bonds is 6. The van der Waals surface area contributed by atoms with Crippen molar-refractivity contribution in [3.63, 3.8) is 0 Å². The number of piperidine rings is 1. The van der Waals surface area contributed by atoms with Gasteiger partial charge < -0.3 is 15.4 Å². The molecule has 2 amide bonds. The number of aromatic nitrogens is 3. The molecular formula is C23H25N5O3. The molecule has 2 heterocycles. The lowest BCUT2D eigenvalue weighted by molar-refractivity contribution is -0.130. The lowest BCUT2D eigenvalue weighted by atomic mass is 9.74. The summed E-state index contributed by atoms with van der Waals surface area (Å²) in [7, 11) is 1.64. The van der Waals surface area contributed by atoms with Gasteiger partial charge in [0, 0.05) is 13.1 Å². The van der Waals surface area contributed by atoms with Crippen molar-refractivity contribution >= 4 is 11.8 Å². The summed E-state index contributed by atoms with van der Waals surface area (Å²) in [6, 6.07) is 16.0. The van der Waals surface area contributed by atoms with Crippen LogP contribution in [0.4, 0.5) is 0 Å². The van der Waals surface area contributed by atoms with E-state index in [1.54, 1.807) is 12.0 Å². The zero-order valence-electron chi connectivity index (χ0n) is 17.4. The van der Waals surface area contributed by atoms with Gasteiger partial charge >= 0.3 is 0 Å². The summed E-state index contributed by atoms with van der Waals surface area (Å²) >= 11 is 0. The Bertz CT molecular complexity index is 1050. The number of methoxy groups -OCH3 is 1. The van der Waals surface area contributed by atoms with Crippen molar-refractivity contribution in [3.05, 3.63) is 66.2 Å². The van der Waals surface area contributed by atoms with Crippen molar-refractivity contribution in [2.75, 3.05) is 20.2 Å². The molecule has 1 atom stereocenters. The standard InChI is InChI=1S/C23H25N5O3/c1-31-19-9-7-18(8-10-19)17-5-3-16(4-6-17)13-23(22(24)30)11-2-12-28(14-23)21(29)20-25-15-26-27-20/h3-10,15H,2,11-14H2,1H3,(H2,24,30)(H,25,26,27).